The summed E-state index contributed by atoms with van der Waals surface area (Å²) >= 11 is 0. The van der Waals surface area contributed by atoms with Gasteiger partial charge < -0.3 is 0 Å². The first kappa shape index (κ1) is 11.7. The van der Waals surface area contributed by atoms with Crippen molar-refractivity contribution < 1.29 is 0 Å². The second-order valence-corrected chi connectivity index (χ2v) is 4.83. The van der Waals surface area contributed by atoms with Crippen LogP contribution in [0.5, 0.6) is 0 Å². The molecular formula is C17H16N2. The van der Waals surface area contributed by atoms with Gasteiger partial charge in [-0.3, -0.25) is 0 Å². The minimum Gasteiger partial charge on any atom is -0.240 e. The molecule has 1 heterocycles. The number of benzene rings is 2. The average molecular weight is 248 g/mol. The van der Waals surface area contributed by atoms with E-state index in [0.717, 1.165) is 11.3 Å². The molecule has 0 saturated carbocycles. The Bertz CT molecular complexity index is 711. The van der Waals surface area contributed by atoms with Crippen molar-refractivity contribution in [2.45, 2.75) is 13.8 Å². The summed E-state index contributed by atoms with van der Waals surface area (Å²) in [7, 11) is 0. The zero-order valence-corrected chi connectivity index (χ0v) is 11.2. The third-order valence-electron chi connectivity index (χ3n) is 3.30. The maximum absolute atomic E-state index is 4.46. The van der Waals surface area contributed by atoms with E-state index in [4.69, 9.17) is 0 Å². The summed E-state index contributed by atoms with van der Waals surface area (Å²) in [6.45, 7) is 4.22. The molecule has 0 spiro atoms. The minimum atomic E-state index is 1.10. The summed E-state index contributed by atoms with van der Waals surface area (Å²) in [6.07, 6.45) is 4.00. The van der Waals surface area contributed by atoms with E-state index in [9.17, 15) is 0 Å². The SMILES string of the molecule is Cc1cccc(-n2cc(-c3ccccc3C)cn2)c1. The van der Waals surface area contributed by atoms with Gasteiger partial charge in [0.1, 0.15) is 0 Å². The first-order chi connectivity index (χ1) is 9.24. The van der Waals surface area contributed by atoms with Crippen molar-refractivity contribution in [1.82, 2.24) is 9.78 Å². The van der Waals surface area contributed by atoms with E-state index in [1.165, 1.54) is 16.7 Å². The first-order valence-corrected chi connectivity index (χ1v) is 6.42. The summed E-state index contributed by atoms with van der Waals surface area (Å²) < 4.78 is 1.93. The predicted molar refractivity (Wildman–Crippen MR) is 78.5 cm³/mol. The lowest BCUT2D eigenvalue weighted by atomic mass is 10.0. The Kier molecular flexibility index (Phi) is 2.92. The van der Waals surface area contributed by atoms with Crippen molar-refractivity contribution in [2.24, 2.45) is 0 Å². The number of aromatic nitrogens is 2. The lowest BCUT2D eigenvalue weighted by molar-refractivity contribution is 0.879. The highest BCUT2D eigenvalue weighted by Crippen LogP contribution is 2.23. The van der Waals surface area contributed by atoms with Gasteiger partial charge in [-0.2, -0.15) is 5.10 Å². The van der Waals surface area contributed by atoms with Gasteiger partial charge in [-0.15, -0.1) is 0 Å². The van der Waals surface area contributed by atoms with Gasteiger partial charge in [-0.05, 0) is 42.7 Å². The van der Waals surface area contributed by atoms with Crippen LogP contribution in [-0.2, 0) is 0 Å². The Balaban J connectivity index is 2.03. The smallest absolute Gasteiger partial charge is 0.0648 e. The van der Waals surface area contributed by atoms with Gasteiger partial charge in [0, 0.05) is 11.8 Å². The number of rotatable bonds is 2. The highest BCUT2D eigenvalue weighted by molar-refractivity contribution is 5.66. The molecule has 2 nitrogen and oxygen atoms in total. The molecule has 0 N–H and O–H groups in total. The average Bonchev–Trinajstić information content (AvgIpc) is 2.89. The zero-order chi connectivity index (χ0) is 13.2. The van der Waals surface area contributed by atoms with Gasteiger partial charge in [-0.1, -0.05) is 36.4 Å². The Morgan fingerprint density at radius 2 is 1.79 bits per heavy atom. The van der Waals surface area contributed by atoms with E-state index in [-0.39, 0.29) is 0 Å². The van der Waals surface area contributed by atoms with E-state index < -0.39 is 0 Å². The Morgan fingerprint density at radius 3 is 2.58 bits per heavy atom. The molecule has 1 aromatic heterocycles. The van der Waals surface area contributed by atoms with Crippen molar-refractivity contribution >= 4 is 0 Å². The van der Waals surface area contributed by atoms with Crippen molar-refractivity contribution in [3.05, 3.63) is 72.1 Å². The Hall–Kier alpha value is -2.35. The molecule has 0 bridgehead atoms. The van der Waals surface area contributed by atoms with Gasteiger partial charge in [0.2, 0.25) is 0 Å². The molecule has 0 aliphatic rings. The first-order valence-electron chi connectivity index (χ1n) is 6.42. The summed E-state index contributed by atoms with van der Waals surface area (Å²) in [5, 5.41) is 4.46. The monoisotopic (exact) mass is 248 g/mol. The quantitative estimate of drug-likeness (QED) is 0.666. The van der Waals surface area contributed by atoms with Gasteiger partial charge in [-0.25, -0.2) is 4.68 Å². The number of aryl methyl sites for hydroxylation is 2. The Labute approximate surface area is 113 Å². The molecule has 2 aromatic carbocycles. The third kappa shape index (κ3) is 2.29. The molecular weight excluding hydrogens is 232 g/mol. The van der Waals surface area contributed by atoms with E-state index in [1.807, 2.05) is 10.9 Å². The van der Waals surface area contributed by atoms with Gasteiger partial charge in [0.25, 0.3) is 0 Å². The van der Waals surface area contributed by atoms with Crippen molar-refractivity contribution in [1.29, 1.82) is 0 Å². The van der Waals surface area contributed by atoms with Crippen molar-refractivity contribution in [3.8, 4) is 16.8 Å². The maximum Gasteiger partial charge on any atom is 0.0648 e. The van der Waals surface area contributed by atoms with Crippen LogP contribution < -0.4 is 0 Å². The fourth-order valence-electron chi connectivity index (χ4n) is 2.27. The highest BCUT2D eigenvalue weighted by atomic mass is 15.3. The molecule has 0 fully saturated rings. The van der Waals surface area contributed by atoms with Crippen LogP contribution in [0.15, 0.2) is 60.9 Å². The molecule has 0 unspecified atom stereocenters. The molecule has 3 rings (SSSR count). The van der Waals surface area contributed by atoms with Crippen LogP contribution >= 0.6 is 0 Å². The van der Waals surface area contributed by atoms with Crippen LogP contribution in [0.4, 0.5) is 0 Å². The number of hydrogen-bond donors (Lipinski definition) is 0. The molecule has 3 aromatic rings. The minimum absolute atomic E-state index is 1.10. The molecule has 94 valence electrons. The maximum atomic E-state index is 4.46. The molecule has 2 heteroatoms. The molecule has 0 aliphatic carbocycles. The van der Waals surface area contributed by atoms with Gasteiger partial charge >= 0.3 is 0 Å². The largest absolute Gasteiger partial charge is 0.240 e. The summed E-state index contributed by atoms with van der Waals surface area (Å²) in [4.78, 5) is 0. The normalized spacial score (nSPS) is 10.6. The van der Waals surface area contributed by atoms with Crippen LogP contribution in [0, 0.1) is 13.8 Å². The summed E-state index contributed by atoms with van der Waals surface area (Å²) in [5.74, 6) is 0. The fraction of sp³-hybridized carbons (Fsp3) is 0.118. The molecule has 0 amide bonds. The third-order valence-corrected chi connectivity index (χ3v) is 3.30. The molecule has 0 saturated heterocycles. The predicted octanol–water partition coefficient (Wildman–Crippen LogP) is 4.16. The lowest BCUT2D eigenvalue weighted by Gasteiger charge is -2.03. The second-order valence-electron chi connectivity index (χ2n) is 4.83. The standard InChI is InChI=1S/C17H16N2/c1-13-6-5-8-16(10-13)19-12-15(11-18-19)17-9-4-3-7-14(17)2/h3-12H,1-2H3. The van der Waals surface area contributed by atoms with Crippen LogP contribution in [0.1, 0.15) is 11.1 Å². The second kappa shape index (κ2) is 4.73. The Morgan fingerprint density at radius 1 is 0.947 bits per heavy atom. The van der Waals surface area contributed by atoms with Crippen LogP contribution in [0.3, 0.4) is 0 Å². The zero-order valence-electron chi connectivity index (χ0n) is 11.2. The van der Waals surface area contributed by atoms with Crippen molar-refractivity contribution in [2.75, 3.05) is 0 Å². The van der Waals surface area contributed by atoms with E-state index in [0.29, 0.717) is 0 Å². The lowest BCUT2D eigenvalue weighted by Crippen LogP contribution is -1.93. The van der Waals surface area contributed by atoms with E-state index in [2.05, 4.69) is 73.7 Å². The number of hydrogen-bond acceptors (Lipinski definition) is 1. The molecule has 0 radical (unpaired) electrons. The van der Waals surface area contributed by atoms with Gasteiger partial charge in [0.05, 0.1) is 11.9 Å². The van der Waals surface area contributed by atoms with Crippen LogP contribution in [0.25, 0.3) is 16.8 Å². The van der Waals surface area contributed by atoms with Crippen LogP contribution in [-0.4, -0.2) is 9.78 Å². The van der Waals surface area contributed by atoms with Crippen molar-refractivity contribution in [3.63, 3.8) is 0 Å². The van der Waals surface area contributed by atoms with Gasteiger partial charge in [0.15, 0.2) is 0 Å². The van der Waals surface area contributed by atoms with E-state index >= 15 is 0 Å². The summed E-state index contributed by atoms with van der Waals surface area (Å²) in [5.41, 5.74) is 6.00. The molecule has 19 heavy (non-hydrogen) atoms. The molecule has 0 aliphatic heterocycles. The molecule has 0 atom stereocenters. The van der Waals surface area contributed by atoms with Crippen LogP contribution in [0.2, 0.25) is 0 Å². The summed E-state index contributed by atoms with van der Waals surface area (Å²) in [6, 6.07) is 16.7. The topological polar surface area (TPSA) is 17.8 Å². The highest BCUT2D eigenvalue weighted by Gasteiger charge is 2.05. The van der Waals surface area contributed by atoms with E-state index in [1.54, 1.807) is 0 Å². The number of nitrogens with zero attached hydrogens (tertiary/aromatic N) is 2. The fourth-order valence-corrected chi connectivity index (χ4v) is 2.27.